The average molecular weight is 463 g/mol. The minimum atomic E-state index is 0.133. The minimum Gasteiger partial charge on any atom is -0.497 e. The summed E-state index contributed by atoms with van der Waals surface area (Å²) in [6.45, 7) is 1.59. The van der Waals surface area contributed by atoms with Crippen molar-refractivity contribution in [3.05, 3.63) is 29.8 Å². The molecule has 0 saturated heterocycles. The van der Waals surface area contributed by atoms with Crippen LogP contribution in [0.3, 0.4) is 0 Å². The average Bonchev–Trinajstić information content (AvgIpc) is 2.85. The summed E-state index contributed by atoms with van der Waals surface area (Å²) in [5.74, 6) is 4.31. The molecule has 1 aromatic rings. The molecule has 0 radical (unpaired) electrons. The van der Waals surface area contributed by atoms with Crippen LogP contribution in [0.2, 0.25) is 0 Å². The van der Waals surface area contributed by atoms with Gasteiger partial charge in [-0.2, -0.15) is 11.8 Å². The molecule has 3 rings (SSSR count). The summed E-state index contributed by atoms with van der Waals surface area (Å²) in [6, 6.07) is 8.32. The Balaban J connectivity index is 1.46. The van der Waals surface area contributed by atoms with Gasteiger partial charge in [0.2, 0.25) is 5.91 Å². The summed E-state index contributed by atoms with van der Waals surface area (Å²) in [5.41, 5.74) is 1.23. The number of rotatable bonds is 12. The Hall–Kier alpha value is -1.24. The van der Waals surface area contributed by atoms with E-state index in [9.17, 15) is 4.79 Å². The smallest absolute Gasteiger partial charge is 0.223 e. The number of carbonyl (C=O) groups is 1. The predicted molar refractivity (Wildman–Crippen MR) is 133 cm³/mol. The second kappa shape index (κ2) is 14.1. The number of benzene rings is 1. The highest BCUT2D eigenvalue weighted by atomic mass is 32.2. The molecule has 0 spiro atoms. The first-order chi connectivity index (χ1) is 15.7. The number of methoxy groups -OCH3 is 2. The van der Waals surface area contributed by atoms with Crippen molar-refractivity contribution in [2.75, 3.05) is 32.3 Å². The number of carbonyl (C=O) groups excluding carboxylic acids is 1. The van der Waals surface area contributed by atoms with Crippen LogP contribution in [-0.4, -0.2) is 50.3 Å². The summed E-state index contributed by atoms with van der Waals surface area (Å²) >= 11 is 2.02. The van der Waals surface area contributed by atoms with E-state index in [2.05, 4.69) is 22.8 Å². The molecule has 6 heteroatoms. The highest BCUT2D eigenvalue weighted by Gasteiger charge is 2.27. The van der Waals surface area contributed by atoms with Gasteiger partial charge in [0, 0.05) is 31.9 Å². The molecule has 32 heavy (non-hydrogen) atoms. The molecule has 1 aromatic carbocycles. The van der Waals surface area contributed by atoms with Gasteiger partial charge in [-0.1, -0.05) is 31.4 Å². The summed E-state index contributed by atoms with van der Waals surface area (Å²) in [7, 11) is 3.46. The fraction of sp³-hybridized carbons (Fsp3) is 0.731. The molecule has 0 heterocycles. The first-order valence-electron chi connectivity index (χ1n) is 12.4. The van der Waals surface area contributed by atoms with E-state index < -0.39 is 0 Å². The predicted octanol–water partition coefficient (Wildman–Crippen LogP) is 4.79. The third-order valence-corrected chi connectivity index (χ3v) is 8.35. The molecule has 2 N–H and O–H groups in total. The number of thioether (sulfide) groups is 1. The largest absolute Gasteiger partial charge is 0.497 e. The van der Waals surface area contributed by atoms with Crippen LogP contribution in [0.15, 0.2) is 24.3 Å². The van der Waals surface area contributed by atoms with E-state index in [1.54, 1.807) is 14.2 Å². The van der Waals surface area contributed by atoms with Gasteiger partial charge in [-0.05, 0) is 67.9 Å². The molecular formula is C26H42N2O3S. The zero-order chi connectivity index (χ0) is 22.6. The first-order valence-corrected chi connectivity index (χ1v) is 13.6. The van der Waals surface area contributed by atoms with Crippen LogP contribution in [0.5, 0.6) is 5.75 Å². The highest BCUT2D eigenvalue weighted by molar-refractivity contribution is 7.99. The molecule has 1 amide bonds. The molecular weight excluding hydrogens is 420 g/mol. The van der Waals surface area contributed by atoms with E-state index in [0.29, 0.717) is 6.10 Å². The molecule has 2 aliphatic rings. The van der Waals surface area contributed by atoms with E-state index in [1.807, 2.05) is 23.9 Å². The first kappa shape index (κ1) is 25.4. The Bertz CT molecular complexity index is 656. The zero-order valence-electron chi connectivity index (χ0n) is 19.9. The van der Waals surface area contributed by atoms with Crippen LogP contribution in [0.1, 0.15) is 63.4 Å². The van der Waals surface area contributed by atoms with Crippen LogP contribution in [0.4, 0.5) is 0 Å². The van der Waals surface area contributed by atoms with Gasteiger partial charge in [0.15, 0.2) is 0 Å². The van der Waals surface area contributed by atoms with E-state index in [4.69, 9.17) is 9.47 Å². The van der Waals surface area contributed by atoms with Gasteiger partial charge in [0.05, 0.1) is 19.3 Å². The lowest BCUT2D eigenvalue weighted by molar-refractivity contribution is -0.127. The topological polar surface area (TPSA) is 59.6 Å². The number of ether oxygens (including phenoxy) is 2. The summed E-state index contributed by atoms with van der Waals surface area (Å²) in [5, 5.41) is 6.94. The Labute approximate surface area is 198 Å². The monoisotopic (exact) mass is 462 g/mol. The standard InChI is InChI=1S/C26H42N2O3S/c1-30-24-12-8-20(9-13-24)16-27-17-23(19-32-18-21-6-4-3-5-7-21)28-26(29)22-10-14-25(31-2)15-11-22/h8-9,12-13,21-23,25,27H,3-7,10-11,14-19H2,1-2H3,(H,28,29)/t22?,23-,25?/m1/s1. The fourth-order valence-electron chi connectivity index (χ4n) is 4.90. The molecule has 2 aliphatic carbocycles. The molecule has 1 atom stereocenters. The van der Waals surface area contributed by atoms with Crippen molar-refractivity contribution in [2.24, 2.45) is 11.8 Å². The van der Waals surface area contributed by atoms with Gasteiger partial charge in [-0.3, -0.25) is 4.79 Å². The van der Waals surface area contributed by atoms with E-state index in [1.165, 1.54) is 43.4 Å². The molecule has 2 saturated carbocycles. The second-order valence-corrected chi connectivity index (χ2v) is 10.5. The maximum Gasteiger partial charge on any atom is 0.223 e. The van der Waals surface area contributed by atoms with Crippen LogP contribution in [0, 0.1) is 11.8 Å². The lowest BCUT2D eigenvalue weighted by Gasteiger charge is -2.29. The van der Waals surface area contributed by atoms with Crippen molar-refractivity contribution in [2.45, 2.75) is 76.5 Å². The van der Waals surface area contributed by atoms with Crippen molar-refractivity contribution in [3.63, 3.8) is 0 Å². The fourth-order valence-corrected chi connectivity index (χ4v) is 6.18. The lowest BCUT2D eigenvalue weighted by Crippen LogP contribution is -2.46. The lowest BCUT2D eigenvalue weighted by atomic mass is 9.86. The van der Waals surface area contributed by atoms with Gasteiger partial charge in [-0.15, -0.1) is 0 Å². The van der Waals surface area contributed by atoms with Crippen LogP contribution < -0.4 is 15.4 Å². The molecule has 2 fully saturated rings. The maximum atomic E-state index is 13.0. The van der Waals surface area contributed by atoms with Crippen molar-refractivity contribution in [3.8, 4) is 5.75 Å². The van der Waals surface area contributed by atoms with Crippen molar-refractivity contribution < 1.29 is 14.3 Å². The molecule has 0 bridgehead atoms. The zero-order valence-corrected chi connectivity index (χ0v) is 20.8. The second-order valence-electron chi connectivity index (χ2n) is 9.44. The van der Waals surface area contributed by atoms with Gasteiger partial charge in [0.25, 0.3) is 0 Å². The maximum absolute atomic E-state index is 13.0. The van der Waals surface area contributed by atoms with E-state index in [-0.39, 0.29) is 17.9 Å². The highest BCUT2D eigenvalue weighted by Crippen LogP contribution is 2.28. The number of amides is 1. The van der Waals surface area contributed by atoms with Gasteiger partial charge < -0.3 is 20.1 Å². The molecule has 0 aromatic heterocycles. The van der Waals surface area contributed by atoms with E-state index >= 15 is 0 Å². The minimum absolute atomic E-state index is 0.133. The number of nitrogens with one attached hydrogen (secondary N) is 2. The Kier molecular flexibility index (Phi) is 11.2. The molecule has 0 unspecified atom stereocenters. The number of hydrogen-bond acceptors (Lipinski definition) is 5. The Morgan fingerprint density at radius 1 is 1.03 bits per heavy atom. The van der Waals surface area contributed by atoms with E-state index in [0.717, 1.165) is 56.2 Å². The van der Waals surface area contributed by atoms with Crippen molar-refractivity contribution in [1.82, 2.24) is 10.6 Å². The SMILES string of the molecule is COc1ccc(CNC[C@H](CSCC2CCCCC2)NC(=O)C2CCC(OC)CC2)cc1. The molecule has 5 nitrogen and oxygen atoms in total. The van der Waals surface area contributed by atoms with Crippen LogP contribution in [-0.2, 0) is 16.1 Å². The number of hydrogen-bond donors (Lipinski definition) is 2. The van der Waals surface area contributed by atoms with Gasteiger partial charge in [0.1, 0.15) is 5.75 Å². The Morgan fingerprint density at radius 2 is 1.75 bits per heavy atom. The summed E-state index contributed by atoms with van der Waals surface area (Å²) in [6.07, 6.45) is 11.1. The Morgan fingerprint density at radius 3 is 2.41 bits per heavy atom. The summed E-state index contributed by atoms with van der Waals surface area (Å²) < 4.78 is 10.7. The van der Waals surface area contributed by atoms with Gasteiger partial charge in [-0.25, -0.2) is 0 Å². The third kappa shape index (κ3) is 8.60. The third-order valence-electron chi connectivity index (χ3n) is 7.00. The quantitative estimate of drug-likeness (QED) is 0.468. The normalized spacial score (nSPS) is 22.9. The van der Waals surface area contributed by atoms with Gasteiger partial charge >= 0.3 is 0 Å². The van der Waals surface area contributed by atoms with Crippen molar-refractivity contribution >= 4 is 17.7 Å². The summed E-state index contributed by atoms with van der Waals surface area (Å²) in [4.78, 5) is 13.0. The van der Waals surface area contributed by atoms with Crippen LogP contribution in [0.25, 0.3) is 0 Å². The molecule has 0 aliphatic heterocycles. The van der Waals surface area contributed by atoms with Crippen molar-refractivity contribution in [1.29, 1.82) is 0 Å². The molecule has 180 valence electrons. The van der Waals surface area contributed by atoms with Crippen LogP contribution >= 0.6 is 11.8 Å².